The Hall–Kier alpha value is -0.810. The number of anilines is 1. The molecule has 1 amide bonds. The minimum atomic E-state index is -0.189. The van der Waals surface area contributed by atoms with Crippen molar-refractivity contribution in [3.8, 4) is 0 Å². The molecule has 1 aromatic carbocycles. The lowest BCUT2D eigenvalue weighted by molar-refractivity contribution is -0.928. The second-order valence-electron chi connectivity index (χ2n) is 5.63. The second kappa shape index (κ2) is 6.97. The first-order valence-electron chi connectivity index (χ1n) is 7.13. The fourth-order valence-corrected chi connectivity index (χ4v) is 3.19. The van der Waals surface area contributed by atoms with E-state index in [1.807, 2.05) is 20.8 Å². The van der Waals surface area contributed by atoms with Crippen molar-refractivity contribution in [3.05, 3.63) is 28.2 Å². The van der Waals surface area contributed by atoms with Crippen molar-refractivity contribution in [2.45, 2.75) is 39.0 Å². The van der Waals surface area contributed by atoms with E-state index < -0.39 is 0 Å². The van der Waals surface area contributed by atoms with E-state index in [9.17, 15) is 4.79 Å². The highest BCUT2D eigenvalue weighted by Gasteiger charge is 2.33. The number of rotatable bonds is 3. The van der Waals surface area contributed by atoms with Crippen molar-refractivity contribution in [3.63, 3.8) is 0 Å². The maximum absolute atomic E-state index is 12.4. The molecule has 4 atom stereocenters. The van der Waals surface area contributed by atoms with Crippen LogP contribution >= 0.6 is 23.2 Å². The Morgan fingerprint density at radius 3 is 2.33 bits per heavy atom. The maximum Gasteiger partial charge on any atom is 0.282 e. The average Bonchev–Trinajstić information content (AvgIpc) is 2.41. The average molecular weight is 332 g/mol. The highest BCUT2D eigenvalue weighted by molar-refractivity contribution is 6.39. The summed E-state index contributed by atoms with van der Waals surface area (Å²) in [5.74, 6) is -0.0821. The molecule has 0 saturated carbocycles. The summed E-state index contributed by atoms with van der Waals surface area (Å²) in [4.78, 5) is 13.6. The molecule has 21 heavy (non-hydrogen) atoms. The second-order valence-corrected chi connectivity index (χ2v) is 6.45. The zero-order chi connectivity index (χ0) is 15.6. The van der Waals surface area contributed by atoms with Crippen LogP contribution in [0.2, 0.25) is 10.0 Å². The van der Waals surface area contributed by atoms with Gasteiger partial charge >= 0.3 is 0 Å². The molecule has 0 spiro atoms. The number of carbonyl (C=O) groups is 1. The number of halogens is 2. The van der Waals surface area contributed by atoms with Crippen molar-refractivity contribution in [1.29, 1.82) is 0 Å². The van der Waals surface area contributed by atoms with Crippen LogP contribution in [-0.2, 0) is 9.53 Å². The number of quaternary nitrogens is 1. The van der Waals surface area contributed by atoms with Crippen LogP contribution in [0.4, 0.5) is 5.69 Å². The molecule has 6 heteroatoms. The van der Waals surface area contributed by atoms with Gasteiger partial charge in [0.05, 0.1) is 15.7 Å². The summed E-state index contributed by atoms with van der Waals surface area (Å²) in [5, 5.41) is 3.73. The van der Waals surface area contributed by atoms with E-state index in [-0.39, 0.29) is 24.2 Å². The van der Waals surface area contributed by atoms with Gasteiger partial charge in [0.15, 0.2) is 6.04 Å². The molecule has 1 unspecified atom stereocenters. The first-order chi connectivity index (χ1) is 9.88. The molecule has 1 aromatic rings. The first-order valence-corrected chi connectivity index (χ1v) is 7.89. The molecule has 116 valence electrons. The van der Waals surface area contributed by atoms with Crippen LogP contribution in [0.5, 0.6) is 0 Å². The smallest absolute Gasteiger partial charge is 0.282 e. The SMILES string of the molecule is C[C@@H]1C[NH+]([C@@H](C)C(=O)Nc2c(Cl)cccc2Cl)C[C@H](C)O1. The zero-order valence-corrected chi connectivity index (χ0v) is 14.0. The fourth-order valence-electron chi connectivity index (χ4n) is 2.70. The summed E-state index contributed by atoms with van der Waals surface area (Å²) in [6, 6.07) is 4.98. The number of para-hydroxylation sites is 1. The number of ether oxygens (including phenoxy) is 1. The molecule has 1 aliphatic rings. The standard InChI is InChI=1S/C15H20Cl2N2O2/c1-9-7-19(8-10(2)21-9)11(3)15(20)18-14-12(16)5-4-6-13(14)17/h4-6,9-11H,7-8H2,1-3H3,(H,18,20)/p+1/t9-,10+,11-/m0/s1. The third kappa shape index (κ3) is 4.10. The molecule has 0 bridgehead atoms. The van der Waals surface area contributed by atoms with Gasteiger partial charge in [0, 0.05) is 0 Å². The van der Waals surface area contributed by atoms with Crippen LogP contribution in [0.25, 0.3) is 0 Å². The van der Waals surface area contributed by atoms with Crippen molar-refractivity contribution >= 4 is 34.8 Å². The number of morpholine rings is 1. The van der Waals surface area contributed by atoms with E-state index in [4.69, 9.17) is 27.9 Å². The third-order valence-electron chi connectivity index (χ3n) is 3.78. The van der Waals surface area contributed by atoms with E-state index in [1.54, 1.807) is 18.2 Å². The van der Waals surface area contributed by atoms with Crippen molar-refractivity contribution in [1.82, 2.24) is 0 Å². The van der Waals surface area contributed by atoms with Crippen molar-refractivity contribution < 1.29 is 14.4 Å². The topological polar surface area (TPSA) is 42.8 Å². The minimum absolute atomic E-state index is 0.0821. The Labute approximate surface area is 135 Å². The molecule has 1 aliphatic heterocycles. The Bertz CT molecular complexity index is 494. The summed E-state index contributed by atoms with van der Waals surface area (Å²) in [5.41, 5.74) is 0.478. The Morgan fingerprint density at radius 2 is 1.81 bits per heavy atom. The van der Waals surface area contributed by atoms with E-state index >= 15 is 0 Å². The lowest BCUT2D eigenvalue weighted by atomic mass is 10.1. The molecule has 1 fully saturated rings. The normalized spacial score (nSPS) is 27.2. The summed E-state index contributed by atoms with van der Waals surface area (Å²) in [6.07, 6.45) is 0.311. The van der Waals surface area contributed by atoms with E-state index in [1.165, 1.54) is 4.90 Å². The highest BCUT2D eigenvalue weighted by atomic mass is 35.5. The van der Waals surface area contributed by atoms with Gasteiger partial charge in [0.25, 0.3) is 5.91 Å². The Morgan fingerprint density at radius 1 is 1.29 bits per heavy atom. The van der Waals surface area contributed by atoms with E-state index in [0.717, 1.165) is 13.1 Å². The van der Waals surface area contributed by atoms with Gasteiger partial charge in [-0.05, 0) is 32.9 Å². The van der Waals surface area contributed by atoms with Gasteiger partial charge < -0.3 is 15.0 Å². The summed E-state index contributed by atoms with van der Waals surface area (Å²) in [6.45, 7) is 7.61. The maximum atomic E-state index is 12.4. The molecular weight excluding hydrogens is 311 g/mol. The van der Waals surface area contributed by atoms with E-state index in [2.05, 4.69) is 5.32 Å². The molecule has 0 radical (unpaired) electrons. The number of nitrogens with one attached hydrogen (secondary N) is 2. The van der Waals surface area contributed by atoms with Gasteiger partial charge in [-0.15, -0.1) is 0 Å². The van der Waals surface area contributed by atoms with Crippen LogP contribution < -0.4 is 10.2 Å². The molecular formula is C15H21Cl2N2O2+. The largest absolute Gasteiger partial charge is 0.364 e. The van der Waals surface area contributed by atoms with Gasteiger partial charge in [-0.2, -0.15) is 0 Å². The van der Waals surface area contributed by atoms with E-state index in [0.29, 0.717) is 15.7 Å². The monoisotopic (exact) mass is 331 g/mol. The predicted molar refractivity (Wildman–Crippen MR) is 85.3 cm³/mol. The number of hydrogen-bond donors (Lipinski definition) is 2. The molecule has 0 aromatic heterocycles. The molecule has 1 heterocycles. The number of carbonyl (C=O) groups excluding carboxylic acids is 1. The fraction of sp³-hybridized carbons (Fsp3) is 0.533. The van der Waals surface area contributed by atoms with Gasteiger partial charge in [-0.1, -0.05) is 29.3 Å². The summed E-state index contributed by atoms with van der Waals surface area (Å²) in [7, 11) is 0. The van der Waals surface area contributed by atoms with Gasteiger partial charge in [0.1, 0.15) is 25.3 Å². The van der Waals surface area contributed by atoms with Gasteiger partial charge in [-0.25, -0.2) is 0 Å². The number of benzene rings is 1. The van der Waals surface area contributed by atoms with Crippen LogP contribution in [0.1, 0.15) is 20.8 Å². The summed E-state index contributed by atoms with van der Waals surface area (Å²) >= 11 is 12.2. The van der Waals surface area contributed by atoms with Crippen LogP contribution in [0, 0.1) is 0 Å². The molecule has 0 aliphatic carbocycles. The molecule has 2 rings (SSSR count). The first kappa shape index (κ1) is 16.6. The number of hydrogen-bond acceptors (Lipinski definition) is 2. The van der Waals surface area contributed by atoms with Crippen LogP contribution in [0.15, 0.2) is 18.2 Å². The Kier molecular flexibility index (Phi) is 5.49. The van der Waals surface area contributed by atoms with Crippen LogP contribution in [-0.4, -0.2) is 37.2 Å². The lowest BCUT2D eigenvalue weighted by Crippen LogP contribution is -3.19. The van der Waals surface area contributed by atoms with Crippen LogP contribution in [0.3, 0.4) is 0 Å². The quantitative estimate of drug-likeness (QED) is 0.889. The predicted octanol–water partition coefficient (Wildman–Crippen LogP) is 2.01. The van der Waals surface area contributed by atoms with Gasteiger partial charge in [-0.3, -0.25) is 4.79 Å². The highest BCUT2D eigenvalue weighted by Crippen LogP contribution is 2.29. The summed E-state index contributed by atoms with van der Waals surface area (Å²) < 4.78 is 5.71. The molecule has 4 nitrogen and oxygen atoms in total. The molecule has 2 N–H and O–H groups in total. The minimum Gasteiger partial charge on any atom is -0.364 e. The Balaban J connectivity index is 2.06. The van der Waals surface area contributed by atoms with Crippen molar-refractivity contribution in [2.24, 2.45) is 0 Å². The lowest BCUT2D eigenvalue weighted by Gasteiger charge is -2.35. The van der Waals surface area contributed by atoms with Gasteiger partial charge in [0.2, 0.25) is 0 Å². The molecule has 1 saturated heterocycles. The third-order valence-corrected chi connectivity index (χ3v) is 4.41. The van der Waals surface area contributed by atoms with Crippen molar-refractivity contribution in [2.75, 3.05) is 18.4 Å². The zero-order valence-electron chi connectivity index (χ0n) is 12.5. The number of amides is 1.